The van der Waals surface area contributed by atoms with Crippen molar-refractivity contribution < 1.29 is 0 Å². The fourth-order valence-corrected chi connectivity index (χ4v) is 1.76. The largest absolute Gasteiger partial charge is 0.369 e. The summed E-state index contributed by atoms with van der Waals surface area (Å²) < 4.78 is 0.453. The summed E-state index contributed by atoms with van der Waals surface area (Å²) in [5.41, 5.74) is 5.68. The molecule has 4 nitrogen and oxygen atoms in total. The van der Waals surface area contributed by atoms with E-state index in [2.05, 4.69) is 25.9 Å². The molecule has 0 saturated heterocycles. The molecular formula is C8H12BrN3O. The lowest BCUT2D eigenvalue weighted by Gasteiger charge is -2.18. The molecule has 0 aliphatic rings. The van der Waals surface area contributed by atoms with Crippen LogP contribution in [-0.4, -0.2) is 9.97 Å². The molecule has 0 fully saturated rings. The average Bonchev–Trinajstić information content (AvgIpc) is 1.94. The molecule has 72 valence electrons. The van der Waals surface area contributed by atoms with Gasteiger partial charge in [0.1, 0.15) is 4.47 Å². The van der Waals surface area contributed by atoms with Gasteiger partial charge in [0.05, 0.1) is 5.69 Å². The number of H-pyrrole nitrogens is 1. The normalized spacial score (nSPS) is 11.7. The third-order valence-corrected chi connectivity index (χ3v) is 2.33. The maximum atomic E-state index is 11.3. The van der Waals surface area contributed by atoms with Crippen molar-refractivity contribution in [3.8, 4) is 0 Å². The Morgan fingerprint density at radius 1 is 1.46 bits per heavy atom. The van der Waals surface area contributed by atoms with Crippen molar-refractivity contribution in [2.75, 3.05) is 5.73 Å². The van der Waals surface area contributed by atoms with Crippen LogP contribution in [0.3, 0.4) is 0 Å². The summed E-state index contributed by atoms with van der Waals surface area (Å²) in [7, 11) is 0. The van der Waals surface area contributed by atoms with E-state index in [-0.39, 0.29) is 16.9 Å². The maximum Gasteiger partial charge on any atom is 0.266 e. The zero-order valence-electron chi connectivity index (χ0n) is 7.81. The first-order chi connectivity index (χ1) is 5.82. The number of anilines is 1. The van der Waals surface area contributed by atoms with Crippen LogP contribution in [0, 0.1) is 0 Å². The Kier molecular flexibility index (Phi) is 2.47. The van der Waals surface area contributed by atoms with E-state index in [1.807, 2.05) is 20.8 Å². The number of hydrogen-bond donors (Lipinski definition) is 2. The summed E-state index contributed by atoms with van der Waals surface area (Å²) in [6, 6.07) is 0. The van der Waals surface area contributed by atoms with Crippen molar-refractivity contribution in [2.45, 2.75) is 26.2 Å². The average molecular weight is 246 g/mol. The number of nitrogens with zero attached hydrogens (tertiary/aromatic N) is 1. The van der Waals surface area contributed by atoms with Gasteiger partial charge in [-0.1, -0.05) is 20.8 Å². The van der Waals surface area contributed by atoms with E-state index in [0.29, 0.717) is 10.2 Å². The van der Waals surface area contributed by atoms with Crippen molar-refractivity contribution in [3.05, 3.63) is 20.5 Å². The molecule has 1 rings (SSSR count). The predicted octanol–water partition coefficient (Wildman–Crippen LogP) is 1.41. The summed E-state index contributed by atoms with van der Waals surface area (Å²) >= 11 is 3.19. The third-order valence-electron chi connectivity index (χ3n) is 1.59. The van der Waals surface area contributed by atoms with Gasteiger partial charge in [-0.3, -0.25) is 9.78 Å². The second-order valence-corrected chi connectivity index (χ2v) is 4.66. The lowest BCUT2D eigenvalue weighted by atomic mass is 9.92. The molecule has 0 aliphatic carbocycles. The summed E-state index contributed by atoms with van der Waals surface area (Å²) in [5, 5.41) is 0. The first kappa shape index (κ1) is 10.2. The number of rotatable bonds is 0. The molecule has 0 unspecified atom stereocenters. The van der Waals surface area contributed by atoms with Crippen LogP contribution >= 0.6 is 15.9 Å². The predicted molar refractivity (Wildman–Crippen MR) is 55.7 cm³/mol. The van der Waals surface area contributed by atoms with Crippen molar-refractivity contribution in [1.82, 2.24) is 9.97 Å². The monoisotopic (exact) mass is 245 g/mol. The van der Waals surface area contributed by atoms with Crippen molar-refractivity contribution >= 4 is 21.9 Å². The minimum atomic E-state index is -0.238. The van der Waals surface area contributed by atoms with E-state index in [1.165, 1.54) is 0 Å². The van der Waals surface area contributed by atoms with Crippen LogP contribution in [0.4, 0.5) is 5.95 Å². The van der Waals surface area contributed by atoms with Gasteiger partial charge in [-0.25, -0.2) is 4.98 Å². The number of nitrogens with one attached hydrogen (secondary N) is 1. The molecule has 1 heterocycles. The van der Waals surface area contributed by atoms with Gasteiger partial charge in [0, 0.05) is 5.41 Å². The Labute approximate surface area is 84.7 Å². The molecule has 0 spiro atoms. The molecule has 1 aromatic rings. The highest BCUT2D eigenvalue weighted by atomic mass is 79.9. The summed E-state index contributed by atoms with van der Waals surface area (Å²) in [6.07, 6.45) is 0. The van der Waals surface area contributed by atoms with Crippen LogP contribution in [0.25, 0.3) is 0 Å². The second kappa shape index (κ2) is 3.14. The molecule has 1 aromatic heterocycles. The Morgan fingerprint density at radius 3 is 2.46 bits per heavy atom. The van der Waals surface area contributed by atoms with E-state index >= 15 is 0 Å². The molecule has 0 radical (unpaired) electrons. The molecule has 5 heteroatoms. The van der Waals surface area contributed by atoms with E-state index < -0.39 is 0 Å². The molecule has 0 atom stereocenters. The zero-order valence-corrected chi connectivity index (χ0v) is 9.40. The maximum absolute atomic E-state index is 11.3. The first-order valence-electron chi connectivity index (χ1n) is 3.88. The highest BCUT2D eigenvalue weighted by Gasteiger charge is 2.21. The molecule has 0 aromatic carbocycles. The number of nitrogen functional groups attached to an aromatic ring is 1. The quantitative estimate of drug-likeness (QED) is 0.727. The van der Waals surface area contributed by atoms with E-state index in [0.717, 1.165) is 0 Å². The molecule has 3 N–H and O–H groups in total. The zero-order chi connectivity index (χ0) is 10.2. The lowest BCUT2D eigenvalue weighted by Crippen LogP contribution is -2.22. The van der Waals surface area contributed by atoms with E-state index in [9.17, 15) is 4.79 Å². The molecule has 0 bridgehead atoms. The van der Waals surface area contributed by atoms with Gasteiger partial charge >= 0.3 is 0 Å². The lowest BCUT2D eigenvalue weighted by molar-refractivity contribution is 0.563. The van der Waals surface area contributed by atoms with Crippen LogP contribution in [0.1, 0.15) is 26.5 Å². The SMILES string of the molecule is CC(C)(C)c1nc(N)[nH]c(=O)c1Br. The molecule has 0 aliphatic heterocycles. The number of nitrogens with two attached hydrogens (primary N) is 1. The highest BCUT2D eigenvalue weighted by molar-refractivity contribution is 9.10. The summed E-state index contributed by atoms with van der Waals surface area (Å²) in [5.74, 6) is 0.151. The Hall–Kier alpha value is -0.840. The molecule has 0 amide bonds. The Morgan fingerprint density at radius 2 is 2.00 bits per heavy atom. The number of aromatic amines is 1. The molecule has 13 heavy (non-hydrogen) atoms. The smallest absolute Gasteiger partial charge is 0.266 e. The standard InChI is InChI=1S/C8H12BrN3O/c1-8(2,3)5-4(9)6(13)12-7(10)11-5/h1-3H3,(H3,10,11,12,13). The van der Waals surface area contributed by atoms with Crippen LogP contribution < -0.4 is 11.3 Å². The Balaban J connectivity index is 3.46. The van der Waals surface area contributed by atoms with Crippen molar-refractivity contribution in [2.24, 2.45) is 0 Å². The fourth-order valence-electron chi connectivity index (χ4n) is 0.973. The molecular weight excluding hydrogens is 234 g/mol. The van der Waals surface area contributed by atoms with Crippen LogP contribution in [0.2, 0.25) is 0 Å². The van der Waals surface area contributed by atoms with Crippen LogP contribution in [0.15, 0.2) is 9.27 Å². The number of halogens is 1. The fraction of sp³-hybridized carbons (Fsp3) is 0.500. The van der Waals surface area contributed by atoms with Crippen LogP contribution in [0.5, 0.6) is 0 Å². The summed E-state index contributed by atoms with van der Waals surface area (Å²) in [6.45, 7) is 5.91. The van der Waals surface area contributed by atoms with E-state index in [1.54, 1.807) is 0 Å². The van der Waals surface area contributed by atoms with Gasteiger partial charge in [-0.15, -0.1) is 0 Å². The minimum Gasteiger partial charge on any atom is -0.369 e. The van der Waals surface area contributed by atoms with Gasteiger partial charge in [0.25, 0.3) is 5.56 Å². The van der Waals surface area contributed by atoms with Crippen molar-refractivity contribution in [3.63, 3.8) is 0 Å². The number of aromatic nitrogens is 2. The summed E-state index contributed by atoms with van der Waals surface area (Å²) in [4.78, 5) is 17.8. The Bertz CT molecular complexity index is 378. The minimum absolute atomic E-state index is 0.151. The van der Waals surface area contributed by atoms with E-state index in [4.69, 9.17) is 5.73 Å². The van der Waals surface area contributed by atoms with Gasteiger partial charge in [0.15, 0.2) is 0 Å². The second-order valence-electron chi connectivity index (χ2n) is 3.86. The molecule has 0 saturated carbocycles. The highest BCUT2D eigenvalue weighted by Crippen LogP contribution is 2.25. The first-order valence-corrected chi connectivity index (χ1v) is 4.67. The third kappa shape index (κ3) is 2.09. The number of hydrogen-bond acceptors (Lipinski definition) is 3. The van der Waals surface area contributed by atoms with Crippen molar-refractivity contribution in [1.29, 1.82) is 0 Å². The van der Waals surface area contributed by atoms with Gasteiger partial charge < -0.3 is 5.73 Å². The van der Waals surface area contributed by atoms with Gasteiger partial charge in [-0.05, 0) is 15.9 Å². The van der Waals surface area contributed by atoms with Gasteiger partial charge in [-0.2, -0.15) is 0 Å². The topological polar surface area (TPSA) is 71.8 Å². The van der Waals surface area contributed by atoms with Gasteiger partial charge in [0.2, 0.25) is 5.95 Å². The van der Waals surface area contributed by atoms with Crippen LogP contribution in [-0.2, 0) is 5.41 Å².